The van der Waals surface area contributed by atoms with Crippen LogP contribution in [0.5, 0.6) is 0 Å². The van der Waals surface area contributed by atoms with Crippen molar-refractivity contribution in [1.29, 1.82) is 0 Å². The van der Waals surface area contributed by atoms with Crippen molar-refractivity contribution in [2.24, 2.45) is 5.92 Å². The predicted molar refractivity (Wildman–Crippen MR) is 113 cm³/mol. The molecular weight excluding hydrogens is 399 g/mol. The fourth-order valence-corrected chi connectivity index (χ4v) is 3.64. The van der Waals surface area contributed by atoms with Gasteiger partial charge in [0.2, 0.25) is 11.7 Å². The largest absolute Gasteiger partial charge is 0.341 e. The summed E-state index contributed by atoms with van der Waals surface area (Å²) in [7, 11) is 1.98. The van der Waals surface area contributed by atoms with Crippen LogP contribution in [0.15, 0.2) is 24.3 Å². The highest BCUT2D eigenvalue weighted by Gasteiger charge is 2.30. The maximum Gasteiger partial charge on any atom is 0.249 e. The van der Waals surface area contributed by atoms with E-state index in [4.69, 9.17) is 11.6 Å². The summed E-state index contributed by atoms with van der Waals surface area (Å²) >= 11 is 5.93. The van der Waals surface area contributed by atoms with Crippen molar-refractivity contribution in [1.82, 2.24) is 30.4 Å². The van der Waals surface area contributed by atoms with E-state index in [-0.39, 0.29) is 18.3 Å². The number of likely N-dealkylation sites (tertiary alicyclic amines) is 1. The lowest BCUT2D eigenvalue weighted by Gasteiger charge is -2.33. The van der Waals surface area contributed by atoms with Gasteiger partial charge in [-0.15, -0.1) is 22.6 Å². The van der Waals surface area contributed by atoms with Crippen molar-refractivity contribution in [3.63, 3.8) is 0 Å². The smallest absolute Gasteiger partial charge is 0.249 e. The number of halogens is 2. The molecule has 0 radical (unpaired) electrons. The lowest BCUT2D eigenvalue weighted by atomic mass is 9.93. The summed E-state index contributed by atoms with van der Waals surface area (Å²) in [5, 5.41) is 16.6. The van der Waals surface area contributed by atoms with Crippen LogP contribution in [0.25, 0.3) is 11.4 Å². The first kappa shape index (κ1) is 22.6. The Hall–Kier alpha value is -1.70. The number of piperidine rings is 1. The van der Waals surface area contributed by atoms with Crippen LogP contribution >= 0.6 is 24.0 Å². The van der Waals surface area contributed by atoms with Gasteiger partial charge in [-0.1, -0.05) is 18.5 Å². The monoisotopic (exact) mass is 426 g/mol. The zero-order valence-corrected chi connectivity index (χ0v) is 17.9. The van der Waals surface area contributed by atoms with E-state index in [0.29, 0.717) is 23.2 Å². The van der Waals surface area contributed by atoms with E-state index in [9.17, 15) is 4.79 Å². The van der Waals surface area contributed by atoms with Crippen LogP contribution in [-0.2, 0) is 4.79 Å². The molecule has 3 rings (SSSR count). The molecule has 154 valence electrons. The number of benzene rings is 1. The van der Waals surface area contributed by atoms with Crippen LogP contribution in [0.3, 0.4) is 0 Å². The van der Waals surface area contributed by atoms with E-state index in [1.54, 1.807) is 12.1 Å². The second-order valence-corrected chi connectivity index (χ2v) is 7.46. The van der Waals surface area contributed by atoms with Gasteiger partial charge in [-0.2, -0.15) is 4.80 Å². The summed E-state index contributed by atoms with van der Waals surface area (Å²) in [5.74, 6) is 1.29. The average molecular weight is 427 g/mol. The fraction of sp³-hybridized carbons (Fsp3) is 0.579. The number of hydrogen-bond donors (Lipinski definition) is 1. The van der Waals surface area contributed by atoms with Crippen LogP contribution in [-0.4, -0.2) is 57.7 Å². The Labute approximate surface area is 177 Å². The van der Waals surface area contributed by atoms with Gasteiger partial charge in [0.1, 0.15) is 0 Å². The molecule has 9 heteroatoms. The topological polar surface area (TPSA) is 75.9 Å². The van der Waals surface area contributed by atoms with Gasteiger partial charge in [0, 0.05) is 23.7 Å². The van der Waals surface area contributed by atoms with Gasteiger partial charge in [-0.05, 0) is 74.7 Å². The van der Waals surface area contributed by atoms with Crippen molar-refractivity contribution in [2.45, 2.75) is 38.6 Å². The number of carbonyl (C=O) groups excluding carboxylic acids is 1. The van der Waals surface area contributed by atoms with Gasteiger partial charge >= 0.3 is 0 Å². The lowest BCUT2D eigenvalue weighted by molar-refractivity contribution is -0.137. The summed E-state index contributed by atoms with van der Waals surface area (Å²) in [4.78, 5) is 16.4. The highest BCUT2D eigenvalue weighted by Crippen LogP contribution is 2.24. The molecule has 1 N–H and O–H groups in total. The third-order valence-electron chi connectivity index (χ3n) is 5.21. The van der Waals surface area contributed by atoms with Gasteiger partial charge in [-0.3, -0.25) is 4.79 Å². The minimum absolute atomic E-state index is 0. The first-order valence-electron chi connectivity index (χ1n) is 9.61. The number of rotatable bonds is 7. The molecule has 1 aliphatic rings. The second-order valence-electron chi connectivity index (χ2n) is 7.03. The fourth-order valence-electron chi connectivity index (χ4n) is 3.51. The van der Waals surface area contributed by atoms with Crippen molar-refractivity contribution in [2.75, 3.05) is 26.7 Å². The van der Waals surface area contributed by atoms with E-state index in [2.05, 4.69) is 20.7 Å². The number of nitrogens with zero attached hydrogens (tertiary/aromatic N) is 5. The maximum atomic E-state index is 13.0. The Morgan fingerprint density at radius 2 is 1.96 bits per heavy atom. The van der Waals surface area contributed by atoms with Gasteiger partial charge < -0.3 is 10.2 Å². The molecule has 2 aromatic rings. The van der Waals surface area contributed by atoms with E-state index in [1.807, 2.05) is 31.0 Å². The van der Waals surface area contributed by atoms with E-state index >= 15 is 0 Å². The van der Waals surface area contributed by atoms with E-state index < -0.39 is 6.04 Å². The average Bonchev–Trinajstić information content (AvgIpc) is 3.17. The van der Waals surface area contributed by atoms with Gasteiger partial charge in [0.05, 0.1) is 0 Å². The molecule has 7 nitrogen and oxygen atoms in total. The molecule has 1 aromatic carbocycles. The normalized spacial score (nSPS) is 15.9. The quantitative estimate of drug-likeness (QED) is 0.735. The number of hydrogen-bond acceptors (Lipinski definition) is 5. The Kier molecular flexibility index (Phi) is 8.66. The summed E-state index contributed by atoms with van der Waals surface area (Å²) < 4.78 is 0. The summed E-state index contributed by atoms with van der Waals surface area (Å²) in [6, 6.07) is 6.87. The van der Waals surface area contributed by atoms with Crippen molar-refractivity contribution < 1.29 is 4.79 Å². The second kappa shape index (κ2) is 10.7. The van der Waals surface area contributed by atoms with Crippen LogP contribution in [0.4, 0.5) is 0 Å². The summed E-state index contributed by atoms with van der Waals surface area (Å²) in [6.45, 7) is 4.63. The molecule has 2 heterocycles. The number of amides is 1. The molecule has 1 atom stereocenters. The van der Waals surface area contributed by atoms with E-state index in [0.717, 1.165) is 38.0 Å². The Balaban J connectivity index is 0.00000280. The number of aromatic nitrogens is 4. The molecule has 0 aliphatic carbocycles. The zero-order valence-electron chi connectivity index (χ0n) is 16.3. The number of tetrazole rings is 1. The van der Waals surface area contributed by atoms with Crippen molar-refractivity contribution >= 4 is 29.9 Å². The molecule has 0 bridgehead atoms. The highest BCUT2D eigenvalue weighted by atomic mass is 35.5. The van der Waals surface area contributed by atoms with Crippen LogP contribution in [0, 0.1) is 5.92 Å². The summed E-state index contributed by atoms with van der Waals surface area (Å²) in [6.07, 6.45) is 3.93. The summed E-state index contributed by atoms with van der Waals surface area (Å²) in [5.41, 5.74) is 0.832. The van der Waals surface area contributed by atoms with Crippen LogP contribution < -0.4 is 5.32 Å². The number of carbonyl (C=O) groups is 1. The van der Waals surface area contributed by atoms with Crippen LogP contribution in [0.1, 0.15) is 38.6 Å². The molecule has 1 saturated heterocycles. The molecular formula is C19H28Cl2N6O. The molecule has 0 saturated carbocycles. The first-order chi connectivity index (χ1) is 13.1. The molecule has 1 amide bonds. The molecule has 0 spiro atoms. The first-order valence-corrected chi connectivity index (χ1v) is 9.99. The lowest BCUT2D eigenvalue weighted by Crippen LogP contribution is -2.43. The highest BCUT2D eigenvalue weighted by molar-refractivity contribution is 6.30. The van der Waals surface area contributed by atoms with Crippen molar-refractivity contribution in [3.8, 4) is 11.4 Å². The standard InChI is InChI=1S/C19H27ClN6O.ClH/c1-3-17(19(27)25-12-9-14(10-13-25)8-11-21-2)26-23-18(22-24-26)15-4-6-16(20)7-5-15;/h4-7,14,17,21H,3,8-13H2,1-2H3;1H. The number of nitrogens with one attached hydrogen (secondary N) is 1. The SMILES string of the molecule is CCC(C(=O)N1CCC(CCNC)CC1)n1nnc(-c2ccc(Cl)cc2)n1.Cl. The Morgan fingerprint density at radius 3 is 2.57 bits per heavy atom. The van der Waals surface area contributed by atoms with Gasteiger partial charge in [-0.25, -0.2) is 0 Å². The minimum Gasteiger partial charge on any atom is -0.341 e. The van der Waals surface area contributed by atoms with Crippen LogP contribution in [0.2, 0.25) is 5.02 Å². The molecule has 1 unspecified atom stereocenters. The molecule has 28 heavy (non-hydrogen) atoms. The molecule has 1 aliphatic heterocycles. The van der Waals surface area contributed by atoms with Crippen molar-refractivity contribution in [3.05, 3.63) is 29.3 Å². The zero-order chi connectivity index (χ0) is 19.2. The van der Waals surface area contributed by atoms with E-state index in [1.165, 1.54) is 11.2 Å². The molecule has 1 aromatic heterocycles. The Morgan fingerprint density at radius 1 is 1.29 bits per heavy atom. The van der Waals surface area contributed by atoms with Gasteiger partial charge in [0.15, 0.2) is 6.04 Å². The third kappa shape index (κ3) is 5.43. The predicted octanol–water partition coefficient (Wildman–Crippen LogP) is 3.21. The minimum atomic E-state index is -0.410. The van der Waals surface area contributed by atoms with Gasteiger partial charge in [0.25, 0.3) is 0 Å². The molecule has 1 fully saturated rings. The Bertz CT molecular complexity index is 743. The maximum absolute atomic E-state index is 13.0. The third-order valence-corrected chi connectivity index (χ3v) is 5.46.